The van der Waals surface area contributed by atoms with Gasteiger partial charge in [-0.1, -0.05) is 121 Å². The van der Waals surface area contributed by atoms with Crippen molar-refractivity contribution in [1.29, 1.82) is 0 Å². The van der Waals surface area contributed by atoms with Gasteiger partial charge in [0.2, 0.25) is 0 Å². The molecule has 6 aliphatic carbocycles. The molecule has 15 rings (SSSR count). The van der Waals surface area contributed by atoms with Crippen LogP contribution < -0.4 is 9.80 Å². The van der Waals surface area contributed by atoms with Crippen LogP contribution in [-0.2, 0) is 0 Å². The zero-order valence-electron chi connectivity index (χ0n) is 29.7. The zero-order chi connectivity index (χ0) is 36.1. The first-order valence-corrected chi connectivity index (χ1v) is 20.8. The minimum atomic E-state index is 0.208. The second kappa shape index (κ2) is 11.1. The van der Waals surface area contributed by atoms with Crippen LogP contribution in [0.1, 0.15) is 90.4 Å². The molecular weight excluding hydrogens is 800 g/mol. The third kappa shape index (κ3) is 3.99. The molecule has 0 saturated heterocycles. The van der Waals surface area contributed by atoms with Crippen LogP contribution in [0.15, 0.2) is 167 Å². The monoisotopic (exact) mass is 830 g/mol. The Hall–Kier alpha value is -5.42. The molecule has 1 heterocycles. The Bertz CT molecular complexity index is 2710. The highest BCUT2D eigenvalue weighted by Gasteiger charge is 2.44. The van der Waals surface area contributed by atoms with Crippen molar-refractivity contribution in [2.45, 2.75) is 23.7 Å². The van der Waals surface area contributed by atoms with E-state index in [9.17, 15) is 0 Å². The third-order valence-electron chi connectivity index (χ3n) is 13.3. The fraction of sp³-hybridized carbons (Fsp3) is 0.0980. The molecule has 0 aromatic heterocycles. The molecule has 0 saturated carbocycles. The molecule has 1 aliphatic heterocycles. The van der Waals surface area contributed by atoms with Gasteiger partial charge in [0.15, 0.2) is 0 Å². The Kier molecular flexibility index (Phi) is 6.22. The molecule has 0 amide bonds. The Morgan fingerprint density at radius 1 is 0.327 bits per heavy atom. The Morgan fingerprint density at radius 3 is 0.964 bits per heavy atom. The van der Waals surface area contributed by atoms with Gasteiger partial charge in [0.05, 0.1) is 22.7 Å². The van der Waals surface area contributed by atoms with Gasteiger partial charge in [0.1, 0.15) is 6.67 Å². The third-order valence-corrected chi connectivity index (χ3v) is 14.6. The summed E-state index contributed by atoms with van der Waals surface area (Å²) in [7, 11) is 0. The Balaban J connectivity index is 1.00. The fourth-order valence-electron chi connectivity index (χ4n) is 11.2. The molecule has 0 N–H and O–H groups in total. The van der Waals surface area contributed by atoms with Crippen molar-refractivity contribution in [1.82, 2.24) is 0 Å². The normalized spacial score (nSPS) is 20.0. The topological polar surface area (TPSA) is 6.48 Å². The molecule has 260 valence electrons. The van der Waals surface area contributed by atoms with E-state index in [0.29, 0.717) is 6.67 Å². The molecule has 4 heteroatoms. The predicted octanol–water partition coefficient (Wildman–Crippen LogP) is 13.6. The van der Waals surface area contributed by atoms with Crippen molar-refractivity contribution in [3.63, 3.8) is 0 Å². The summed E-state index contributed by atoms with van der Waals surface area (Å²) in [6.45, 7) is 0.674. The zero-order valence-corrected chi connectivity index (χ0v) is 32.8. The van der Waals surface area contributed by atoms with Gasteiger partial charge in [-0.05, 0) is 140 Å². The van der Waals surface area contributed by atoms with Crippen LogP contribution in [0.25, 0.3) is 10.8 Å². The first-order valence-electron chi connectivity index (χ1n) is 19.2. The smallest absolute Gasteiger partial charge is 0.100 e. The van der Waals surface area contributed by atoms with Crippen LogP contribution in [0, 0.1) is 0 Å². The van der Waals surface area contributed by atoms with Crippen LogP contribution in [0.2, 0.25) is 0 Å². The van der Waals surface area contributed by atoms with Crippen molar-refractivity contribution in [3.05, 3.63) is 233 Å². The average Bonchev–Trinajstić information content (AvgIpc) is 3.23. The number of hydrogen-bond acceptors (Lipinski definition) is 2. The van der Waals surface area contributed by atoms with E-state index >= 15 is 0 Å². The number of halogens is 2. The van der Waals surface area contributed by atoms with E-state index in [2.05, 4.69) is 199 Å². The van der Waals surface area contributed by atoms with Crippen LogP contribution in [0.5, 0.6) is 0 Å². The van der Waals surface area contributed by atoms with E-state index in [4.69, 9.17) is 0 Å². The lowest BCUT2D eigenvalue weighted by atomic mass is 9.61. The van der Waals surface area contributed by atoms with Gasteiger partial charge in [0, 0.05) is 38.0 Å². The highest BCUT2D eigenvalue weighted by molar-refractivity contribution is 9.11. The summed E-state index contributed by atoms with van der Waals surface area (Å²) in [4.78, 5) is 5.09. The summed E-state index contributed by atoms with van der Waals surface area (Å²) < 4.78 is 2.25. The van der Waals surface area contributed by atoms with Gasteiger partial charge in [-0.3, -0.25) is 0 Å². The molecule has 0 spiro atoms. The molecule has 0 unspecified atom stereocenters. The SMILES string of the molecule is Brc1cc2c(cc1N1CN(c3cc4c(cc3Br)C3c5ccccc5C4c4ccccc43)c3cccc4cccc1c34)C1c3ccccc3C2c2ccccc21. The molecule has 8 aromatic carbocycles. The van der Waals surface area contributed by atoms with Gasteiger partial charge in [-0.15, -0.1) is 0 Å². The molecule has 4 bridgehead atoms. The lowest BCUT2D eigenvalue weighted by Gasteiger charge is -2.45. The molecular formula is C51H32Br2N2. The standard InChI is InChI=1S/C51H32Br2N2/c52-41-23-37-39(50-33-17-5-1-13-29(33)48(37)30-14-2-6-18-34(30)50)25-45(41)54-27-55(44-22-10-12-28-11-9-21-43(54)47(28)44)46-26-40-38(24-42(46)53)49-31-15-3-7-19-35(31)51(40)36-20-8-4-16-32(36)49/h1-26,48-51H,27H2. The number of hydrogen-bond donors (Lipinski definition) is 0. The largest absolute Gasteiger partial charge is 0.321 e. The Morgan fingerprint density at radius 2 is 0.636 bits per heavy atom. The maximum absolute atomic E-state index is 4.17. The molecule has 2 nitrogen and oxygen atoms in total. The first kappa shape index (κ1) is 30.9. The quantitative estimate of drug-likeness (QED) is 0.171. The molecule has 0 fully saturated rings. The van der Waals surface area contributed by atoms with Crippen LogP contribution in [0.4, 0.5) is 22.7 Å². The number of nitrogens with zero attached hydrogens (tertiary/aromatic N) is 2. The van der Waals surface area contributed by atoms with E-state index in [-0.39, 0.29) is 23.7 Å². The second-order valence-electron chi connectivity index (χ2n) is 15.8. The summed E-state index contributed by atoms with van der Waals surface area (Å²) in [5, 5.41) is 2.52. The van der Waals surface area contributed by atoms with E-state index in [0.717, 1.165) is 8.95 Å². The number of rotatable bonds is 2. The number of benzene rings is 8. The fourth-order valence-corrected chi connectivity index (χ4v) is 12.4. The van der Waals surface area contributed by atoms with Crippen molar-refractivity contribution in [3.8, 4) is 0 Å². The van der Waals surface area contributed by atoms with E-state index in [1.54, 1.807) is 0 Å². The first-order chi connectivity index (χ1) is 27.1. The molecule has 55 heavy (non-hydrogen) atoms. The summed E-state index contributed by atoms with van der Waals surface area (Å²) in [6, 6.07) is 59.8. The average molecular weight is 833 g/mol. The Labute approximate surface area is 337 Å². The molecule has 7 aliphatic rings. The lowest BCUT2D eigenvalue weighted by Crippen LogP contribution is -2.37. The molecule has 0 atom stereocenters. The van der Waals surface area contributed by atoms with Crippen LogP contribution >= 0.6 is 31.9 Å². The lowest BCUT2D eigenvalue weighted by molar-refractivity contribution is 0.750. The van der Waals surface area contributed by atoms with E-state index in [1.807, 2.05) is 0 Å². The number of anilines is 4. The van der Waals surface area contributed by atoms with Gasteiger partial charge in [0.25, 0.3) is 0 Å². The summed E-state index contributed by atoms with van der Waals surface area (Å²) in [6.07, 6.45) is 0. The van der Waals surface area contributed by atoms with E-state index < -0.39 is 0 Å². The van der Waals surface area contributed by atoms with Gasteiger partial charge < -0.3 is 9.80 Å². The van der Waals surface area contributed by atoms with Crippen molar-refractivity contribution < 1.29 is 0 Å². The molecule has 0 radical (unpaired) electrons. The summed E-state index contributed by atoms with van der Waals surface area (Å²) >= 11 is 8.35. The minimum absolute atomic E-state index is 0.208. The van der Waals surface area contributed by atoms with Crippen molar-refractivity contribution >= 4 is 65.4 Å². The maximum atomic E-state index is 4.17. The summed E-state index contributed by atoms with van der Waals surface area (Å²) in [5.41, 5.74) is 22.1. The van der Waals surface area contributed by atoms with Crippen LogP contribution in [0.3, 0.4) is 0 Å². The molecule has 8 aromatic rings. The summed E-state index contributed by atoms with van der Waals surface area (Å²) in [5.74, 6) is 0.881. The van der Waals surface area contributed by atoms with Crippen molar-refractivity contribution in [2.75, 3.05) is 16.5 Å². The predicted molar refractivity (Wildman–Crippen MR) is 231 cm³/mol. The maximum Gasteiger partial charge on any atom is 0.100 e. The van der Waals surface area contributed by atoms with Crippen molar-refractivity contribution in [2.24, 2.45) is 0 Å². The second-order valence-corrected chi connectivity index (χ2v) is 17.5. The van der Waals surface area contributed by atoms with Gasteiger partial charge in [-0.2, -0.15) is 0 Å². The highest BCUT2D eigenvalue weighted by Crippen LogP contribution is 2.60. The highest BCUT2D eigenvalue weighted by atomic mass is 79.9. The van der Waals surface area contributed by atoms with E-state index in [1.165, 1.54) is 100 Å². The van der Waals surface area contributed by atoms with Crippen LogP contribution in [-0.4, -0.2) is 6.67 Å². The van der Waals surface area contributed by atoms with Gasteiger partial charge in [-0.25, -0.2) is 0 Å². The minimum Gasteiger partial charge on any atom is -0.321 e. The van der Waals surface area contributed by atoms with Gasteiger partial charge >= 0.3 is 0 Å².